The molecule has 1 atom stereocenters. The van der Waals surface area contributed by atoms with E-state index in [0.717, 1.165) is 42.9 Å². The van der Waals surface area contributed by atoms with Crippen molar-refractivity contribution in [2.24, 2.45) is 0 Å². The van der Waals surface area contributed by atoms with Crippen LogP contribution in [0.25, 0.3) is 11.0 Å². The molecular weight excluding hydrogens is 410 g/mol. The van der Waals surface area contributed by atoms with Crippen molar-refractivity contribution in [3.63, 3.8) is 0 Å². The molecule has 1 aromatic heterocycles. The number of fused-ring (bicyclic) bond motifs is 1. The molecule has 31 heavy (non-hydrogen) atoms. The monoisotopic (exact) mass is 441 g/mol. The van der Waals surface area contributed by atoms with Gasteiger partial charge >= 0.3 is 0 Å². The topological polar surface area (TPSA) is 64.4 Å². The molecule has 0 radical (unpaired) electrons. The molecule has 1 aliphatic rings. The van der Waals surface area contributed by atoms with Gasteiger partial charge in [0.15, 0.2) is 0 Å². The Morgan fingerprint density at radius 3 is 2.52 bits per heavy atom. The quantitative estimate of drug-likeness (QED) is 0.574. The molecule has 1 aliphatic heterocycles. The Morgan fingerprint density at radius 1 is 1.13 bits per heavy atom. The van der Waals surface area contributed by atoms with E-state index < -0.39 is 10.0 Å². The van der Waals surface area contributed by atoms with Gasteiger partial charge < -0.3 is 9.30 Å². The number of benzene rings is 2. The minimum absolute atomic E-state index is 0.143. The van der Waals surface area contributed by atoms with Crippen molar-refractivity contribution in [2.45, 2.75) is 63.0 Å². The van der Waals surface area contributed by atoms with E-state index in [1.54, 1.807) is 31.3 Å². The fourth-order valence-corrected chi connectivity index (χ4v) is 5.32. The van der Waals surface area contributed by atoms with E-state index in [0.29, 0.717) is 5.69 Å². The fourth-order valence-electron chi connectivity index (χ4n) is 4.12. The van der Waals surface area contributed by atoms with Gasteiger partial charge in [-0.15, -0.1) is 0 Å². The van der Waals surface area contributed by atoms with E-state index in [4.69, 9.17) is 9.72 Å². The number of nitrogens with zero attached hydrogens (tertiary/aromatic N) is 3. The van der Waals surface area contributed by atoms with E-state index >= 15 is 0 Å². The second-order valence-electron chi connectivity index (χ2n) is 9.24. The maximum Gasteiger partial charge on any atom is 0.264 e. The molecule has 7 heteroatoms. The van der Waals surface area contributed by atoms with Crippen LogP contribution in [0, 0.1) is 0 Å². The van der Waals surface area contributed by atoms with E-state index in [1.807, 2.05) is 24.3 Å². The summed E-state index contributed by atoms with van der Waals surface area (Å²) in [7, 11) is -2.05. The highest BCUT2D eigenvalue weighted by Crippen LogP contribution is 2.31. The lowest BCUT2D eigenvalue weighted by Gasteiger charge is -2.26. The average molecular weight is 442 g/mol. The van der Waals surface area contributed by atoms with Crippen molar-refractivity contribution >= 4 is 26.7 Å². The van der Waals surface area contributed by atoms with E-state index in [-0.39, 0.29) is 16.4 Å². The summed E-state index contributed by atoms with van der Waals surface area (Å²) in [4.78, 5) is 5.20. The summed E-state index contributed by atoms with van der Waals surface area (Å²) in [6.45, 7) is 8.03. The zero-order valence-electron chi connectivity index (χ0n) is 18.7. The van der Waals surface area contributed by atoms with Crippen LogP contribution in [0.3, 0.4) is 0 Å². The van der Waals surface area contributed by atoms with E-state index in [2.05, 4.69) is 25.3 Å². The summed E-state index contributed by atoms with van der Waals surface area (Å²) < 4.78 is 35.7. The predicted octanol–water partition coefficient (Wildman–Crippen LogP) is 4.73. The molecule has 166 valence electrons. The molecule has 0 amide bonds. The number of anilines is 1. The molecule has 0 bridgehead atoms. The Labute approximate surface area is 184 Å². The third kappa shape index (κ3) is 4.34. The standard InChI is InChI=1S/C24H31N3O3S/c1-24(2,3)23-25-21-16-18(26(4)31(28,29)20-11-6-5-7-12-20)13-14-22(21)27(23)17-19-10-8-9-15-30-19/h5-7,11-14,16,19H,8-10,15,17H2,1-4H3. The number of ether oxygens (including phenoxy) is 1. The van der Waals surface area contributed by atoms with Gasteiger partial charge in [-0.2, -0.15) is 0 Å². The fraction of sp³-hybridized carbons (Fsp3) is 0.458. The number of hydrogen-bond acceptors (Lipinski definition) is 4. The highest BCUT2D eigenvalue weighted by Gasteiger charge is 2.27. The molecule has 0 N–H and O–H groups in total. The highest BCUT2D eigenvalue weighted by atomic mass is 32.2. The first kappa shape index (κ1) is 21.8. The van der Waals surface area contributed by atoms with Crippen molar-refractivity contribution in [1.29, 1.82) is 0 Å². The van der Waals surface area contributed by atoms with Gasteiger partial charge in [0.25, 0.3) is 10.0 Å². The van der Waals surface area contributed by atoms with Crippen LogP contribution in [0.1, 0.15) is 45.9 Å². The lowest BCUT2D eigenvalue weighted by atomic mass is 9.95. The molecule has 2 heterocycles. The van der Waals surface area contributed by atoms with Gasteiger partial charge in [0.2, 0.25) is 0 Å². The van der Waals surface area contributed by atoms with Crippen molar-refractivity contribution in [3.8, 4) is 0 Å². The SMILES string of the molecule is CN(c1ccc2c(c1)nc(C(C)(C)C)n2CC1CCCCO1)S(=O)(=O)c1ccccc1. The third-order valence-electron chi connectivity index (χ3n) is 5.83. The number of imidazole rings is 1. The molecule has 1 unspecified atom stereocenters. The maximum absolute atomic E-state index is 13.0. The van der Waals surface area contributed by atoms with Gasteiger partial charge in [-0.05, 0) is 49.6 Å². The van der Waals surface area contributed by atoms with Crippen molar-refractivity contribution < 1.29 is 13.2 Å². The van der Waals surface area contributed by atoms with Crippen LogP contribution >= 0.6 is 0 Å². The zero-order chi connectivity index (χ0) is 22.2. The van der Waals surface area contributed by atoms with Crippen LogP contribution in [-0.2, 0) is 26.7 Å². The smallest absolute Gasteiger partial charge is 0.264 e. The Morgan fingerprint density at radius 2 is 1.87 bits per heavy atom. The van der Waals surface area contributed by atoms with E-state index in [9.17, 15) is 8.42 Å². The maximum atomic E-state index is 13.0. The summed E-state index contributed by atoms with van der Waals surface area (Å²) in [6, 6.07) is 14.2. The molecule has 2 aromatic carbocycles. The summed E-state index contributed by atoms with van der Waals surface area (Å²) >= 11 is 0. The highest BCUT2D eigenvalue weighted by molar-refractivity contribution is 7.92. The summed E-state index contributed by atoms with van der Waals surface area (Å²) in [5.74, 6) is 0.988. The normalized spacial score (nSPS) is 17.7. The lowest BCUT2D eigenvalue weighted by molar-refractivity contribution is 0.00583. The van der Waals surface area contributed by atoms with Crippen LogP contribution < -0.4 is 4.31 Å². The van der Waals surface area contributed by atoms with Crippen molar-refractivity contribution in [3.05, 3.63) is 54.4 Å². The summed E-state index contributed by atoms with van der Waals surface area (Å²) in [5.41, 5.74) is 2.26. The Hall–Kier alpha value is -2.38. The molecule has 0 aliphatic carbocycles. The van der Waals surface area contributed by atoms with Gasteiger partial charge in [0.1, 0.15) is 5.82 Å². The predicted molar refractivity (Wildman–Crippen MR) is 124 cm³/mol. The van der Waals surface area contributed by atoms with Gasteiger partial charge in [-0.25, -0.2) is 13.4 Å². The molecule has 0 saturated carbocycles. The largest absolute Gasteiger partial charge is 0.376 e. The average Bonchev–Trinajstić information content (AvgIpc) is 3.12. The number of hydrogen-bond donors (Lipinski definition) is 0. The third-order valence-corrected chi connectivity index (χ3v) is 7.63. The second-order valence-corrected chi connectivity index (χ2v) is 11.2. The van der Waals surface area contributed by atoms with Gasteiger partial charge in [0, 0.05) is 19.1 Å². The summed E-state index contributed by atoms with van der Waals surface area (Å²) in [6.07, 6.45) is 3.56. The molecule has 1 fully saturated rings. The molecule has 4 rings (SSSR count). The molecule has 6 nitrogen and oxygen atoms in total. The van der Waals surface area contributed by atoms with E-state index in [1.165, 1.54) is 10.7 Å². The van der Waals surface area contributed by atoms with Crippen LogP contribution in [0.15, 0.2) is 53.4 Å². The molecule has 0 spiro atoms. The second kappa shape index (κ2) is 8.28. The Balaban J connectivity index is 1.74. The van der Waals surface area contributed by atoms with Crippen LogP contribution in [0.5, 0.6) is 0 Å². The number of rotatable bonds is 5. The van der Waals surface area contributed by atoms with Gasteiger partial charge in [-0.3, -0.25) is 4.31 Å². The van der Waals surface area contributed by atoms with Crippen molar-refractivity contribution in [2.75, 3.05) is 18.0 Å². The van der Waals surface area contributed by atoms with Crippen molar-refractivity contribution in [1.82, 2.24) is 9.55 Å². The first-order valence-corrected chi connectivity index (χ1v) is 12.3. The van der Waals surface area contributed by atoms with Crippen LogP contribution in [0.4, 0.5) is 5.69 Å². The molecular formula is C24H31N3O3S. The van der Waals surface area contributed by atoms with Crippen LogP contribution in [0.2, 0.25) is 0 Å². The Kier molecular flexibility index (Phi) is 5.83. The van der Waals surface area contributed by atoms with Gasteiger partial charge in [0.05, 0.1) is 34.3 Å². The number of sulfonamides is 1. The Bertz CT molecular complexity index is 1160. The van der Waals surface area contributed by atoms with Crippen LogP contribution in [-0.4, -0.2) is 37.7 Å². The lowest BCUT2D eigenvalue weighted by Crippen LogP contribution is -2.28. The minimum atomic E-state index is -3.64. The molecule has 1 saturated heterocycles. The van der Waals surface area contributed by atoms with Gasteiger partial charge in [-0.1, -0.05) is 39.0 Å². The first-order chi connectivity index (χ1) is 14.7. The molecule has 3 aromatic rings. The summed E-state index contributed by atoms with van der Waals surface area (Å²) in [5, 5.41) is 0. The first-order valence-electron chi connectivity index (χ1n) is 10.8. The minimum Gasteiger partial charge on any atom is -0.376 e. The zero-order valence-corrected chi connectivity index (χ0v) is 19.5. The number of aromatic nitrogens is 2.